The van der Waals surface area contributed by atoms with Crippen LogP contribution >= 0.6 is 0 Å². The van der Waals surface area contributed by atoms with Crippen LogP contribution in [0.5, 0.6) is 0 Å². The fourth-order valence-electron chi connectivity index (χ4n) is 2.98. The van der Waals surface area contributed by atoms with Crippen LogP contribution in [0.25, 0.3) is 46.0 Å². The lowest BCUT2D eigenvalue weighted by Gasteiger charge is -1.99. The predicted molar refractivity (Wildman–Crippen MR) is 108 cm³/mol. The van der Waals surface area contributed by atoms with Gasteiger partial charge in [0, 0.05) is 16.4 Å². The first-order chi connectivity index (χ1) is 13.8. The zero-order valence-corrected chi connectivity index (χ0v) is 14.8. The van der Waals surface area contributed by atoms with Crippen molar-refractivity contribution in [1.82, 2.24) is 15.4 Å². The second-order valence-corrected chi connectivity index (χ2v) is 6.35. The minimum atomic E-state index is 0.634. The van der Waals surface area contributed by atoms with Gasteiger partial charge in [0.1, 0.15) is 11.2 Å². The molecule has 5 heteroatoms. The van der Waals surface area contributed by atoms with E-state index in [0.717, 1.165) is 39.0 Å². The van der Waals surface area contributed by atoms with E-state index >= 15 is 0 Å². The minimum absolute atomic E-state index is 0.634. The molecule has 0 saturated heterocycles. The molecule has 0 bridgehead atoms. The van der Waals surface area contributed by atoms with Crippen molar-refractivity contribution in [2.45, 2.75) is 0 Å². The molecule has 0 unspecified atom stereocenters. The summed E-state index contributed by atoms with van der Waals surface area (Å²) in [7, 11) is 0. The summed E-state index contributed by atoms with van der Waals surface area (Å²) in [5, 5.41) is 7.40. The Bertz CT molecular complexity index is 1200. The molecule has 2 heterocycles. The molecule has 0 saturated carbocycles. The molecular weight excluding hydrogens is 350 g/mol. The zero-order valence-electron chi connectivity index (χ0n) is 14.8. The van der Waals surface area contributed by atoms with Gasteiger partial charge in [-0.2, -0.15) is 0 Å². The molecule has 5 aromatic rings. The van der Waals surface area contributed by atoms with E-state index in [2.05, 4.69) is 39.6 Å². The van der Waals surface area contributed by atoms with Crippen molar-refractivity contribution in [1.29, 1.82) is 0 Å². The van der Waals surface area contributed by atoms with E-state index in [1.807, 2.05) is 60.7 Å². The summed E-state index contributed by atoms with van der Waals surface area (Å²) in [5.41, 5.74) is 6.52. The van der Waals surface area contributed by atoms with Crippen LogP contribution in [0.3, 0.4) is 0 Å². The first-order valence-electron chi connectivity index (χ1n) is 8.87. The fraction of sp³-hybridized carbons (Fsp3) is 0. The van der Waals surface area contributed by atoms with E-state index < -0.39 is 0 Å². The predicted octanol–water partition coefficient (Wildman–Crippen LogP) is 5.72. The topological polar surface area (TPSA) is 65.0 Å². The molecule has 0 atom stereocenters. The van der Waals surface area contributed by atoms with Crippen molar-refractivity contribution < 1.29 is 8.94 Å². The third kappa shape index (κ3) is 3.21. The molecule has 28 heavy (non-hydrogen) atoms. The van der Waals surface area contributed by atoms with Crippen molar-refractivity contribution in [3.63, 3.8) is 0 Å². The van der Waals surface area contributed by atoms with Crippen LogP contribution in [-0.2, 0) is 0 Å². The van der Waals surface area contributed by atoms with Gasteiger partial charge >= 0.3 is 0 Å². The lowest BCUT2D eigenvalue weighted by molar-refractivity contribution is 0.393. The molecule has 3 aromatic carbocycles. The largest absolute Gasteiger partial charge is 0.436 e. The first kappa shape index (κ1) is 16.2. The quantitative estimate of drug-likeness (QED) is 0.381. The van der Waals surface area contributed by atoms with Crippen LogP contribution in [0.15, 0.2) is 88.0 Å². The number of rotatable bonds is 4. The molecule has 5 rings (SSSR count). The molecule has 0 amide bonds. The molecule has 5 nitrogen and oxygen atoms in total. The number of fused-ring (bicyclic) bond motifs is 1. The average molecular weight is 365 g/mol. The van der Waals surface area contributed by atoms with E-state index in [9.17, 15) is 0 Å². The third-order valence-electron chi connectivity index (χ3n) is 4.49. The van der Waals surface area contributed by atoms with E-state index in [0.29, 0.717) is 5.89 Å². The van der Waals surface area contributed by atoms with Crippen molar-refractivity contribution in [2.75, 3.05) is 0 Å². The summed E-state index contributed by atoms with van der Waals surface area (Å²) in [6.45, 7) is 0. The number of nitrogens with zero attached hydrogens (tertiary/aromatic N) is 3. The molecule has 0 radical (unpaired) electrons. The van der Waals surface area contributed by atoms with Gasteiger partial charge in [-0.3, -0.25) is 0 Å². The molecule has 0 fully saturated rings. The van der Waals surface area contributed by atoms with Gasteiger partial charge in [0.25, 0.3) is 0 Å². The number of hydrogen-bond donors (Lipinski definition) is 0. The molecular formula is C23H15N3O2. The van der Waals surface area contributed by atoms with Gasteiger partial charge in [-0.05, 0) is 35.4 Å². The van der Waals surface area contributed by atoms with Gasteiger partial charge in [0.2, 0.25) is 5.89 Å². The number of benzene rings is 3. The summed E-state index contributed by atoms with van der Waals surface area (Å²) in [4.78, 5) is 4.53. The summed E-state index contributed by atoms with van der Waals surface area (Å²) in [6.07, 6.45) is 5.67. The zero-order chi connectivity index (χ0) is 18.8. The van der Waals surface area contributed by atoms with Crippen LogP contribution in [0.4, 0.5) is 0 Å². The Kier molecular flexibility index (Phi) is 4.03. The number of oxazole rings is 1. The summed E-state index contributed by atoms with van der Waals surface area (Å²) in [6, 6.07) is 24.0. The van der Waals surface area contributed by atoms with Crippen molar-refractivity contribution in [2.24, 2.45) is 0 Å². The van der Waals surface area contributed by atoms with Gasteiger partial charge in [0.05, 0.1) is 0 Å². The standard InChI is InChI=1S/C23H15N3O2/c1-2-4-22-20(3-1)24-23(28-22)19-13-9-17(10-14-19)6-5-16-7-11-18(12-8-16)21-15-27-26-25-21/h1-15H. The van der Waals surface area contributed by atoms with Crippen molar-refractivity contribution in [3.05, 3.63) is 90.2 Å². The number of aromatic nitrogens is 3. The van der Waals surface area contributed by atoms with Gasteiger partial charge < -0.3 is 8.94 Å². The highest BCUT2D eigenvalue weighted by atomic mass is 16.5. The SMILES string of the molecule is C(=Cc1ccc(-c2nc3ccccc3o2)cc1)c1ccc(-c2conn2)cc1. The number of para-hydroxylation sites is 2. The van der Waals surface area contributed by atoms with Gasteiger partial charge in [-0.15, -0.1) is 5.10 Å². The van der Waals surface area contributed by atoms with E-state index in [-0.39, 0.29) is 0 Å². The normalized spacial score (nSPS) is 11.4. The number of hydrogen-bond acceptors (Lipinski definition) is 5. The molecule has 2 aromatic heterocycles. The maximum absolute atomic E-state index is 5.82. The van der Waals surface area contributed by atoms with Crippen LogP contribution in [0, 0.1) is 0 Å². The van der Waals surface area contributed by atoms with Crippen LogP contribution in [-0.4, -0.2) is 15.4 Å². The first-order valence-corrected chi connectivity index (χ1v) is 8.87. The Morgan fingerprint density at radius 3 is 2.04 bits per heavy atom. The highest BCUT2D eigenvalue weighted by molar-refractivity contribution is 5.77. The van der Waals surface area contributed by atoms with Crippen LogP contribution in [0.2, 0.25) is 0 Å². The van der Waals surface area contributed by atoms with Gasteiger partial charge in [-0.25, -0.2) is 4.98 Å². The molecule has 0 N–H and O–H groups in total. The maximum atomic E-state index is 5.82. The second-order valence-electron chi connectivity index (χ2n) is 6.35. The molecule has 0 aliphatic carbocycles. The average Bonchev–Trinajstić information content (AvgIpc) is 3.43. The Morgan fingerprint density at radius 2 is 1.39 bits per heavy atom. The second kappa shape index (κ2) is 6.96. The fourth-order valence-corrected chi connectivity index (χ4v) is 2.98. The Labute approximate surface area is 160 Å². The molecule has 0 spiro atoms. The highest BCUT2D eigenvalue weighted by Gasteiger charge is 2.07. The Morgan fingerprint density at radius 1 is 0.714 bits per heavy atom. The highest BCUT2D eigenvalue weighted by Crippen LogP contribution is 2.25. The molecule has 134 valence electrons. The van der Waals surface area contributed by atoms with Crippen molar-refractivity contribution >= 4 is 23.3 Å². The molecule has 0 aliphatic heterocycles. The van der Waals surface area contributed by atoms with Gasteiger partial charge in [0.15, 0.2) is 11.8 Å². The van der Waals surface area contributed by atoms with Gasteiger partial charge in [-0.1, -0.05) is 60.7 Å². The molecule has 0 aliphatic rings. The monoisotopic (exact) mass is 365 g/mol. The van der Waals surface area contributed by atoms with Crippen molar-refractivity contribution in [3.8, 4) is 22.7 Å². The van der Waals surface area contributed by atoms with E-state index in [1.165, 1.54) is 6.26 Å². The summed E-state index contributed by atoms with van der Waals surface area (Å²) < 4.78 is 10.6. The lowest BCUT2D eigenvalue weighted by atomic mass is 10.1. The Hall–Kier alpha value is -3.99. The smallest absolute Gasteiger partial charge is 0.227 e. The summed E-state index contributed by atoms with van der Waals surface area (Å²) in [5.74, 6) is 0.634. The third-order valence-corrected chi connectivity index (χ3v) is 4.49. The van der Waals surface area contributed by atoms with Crippen LogP contribution in [0.1, 0.15) is 11.1 Å². The minimum Gasteiger partial charge on any atom is -0.436 e. The lowest BCUT2D eigenvalue weighted by Crippen LogP contribution is -1.80. The Balaban J connectivity index is 1.33. The van der Waals surface area contributed by atoms with E-state index in [1.54, 1.807) is 0 Å². The summed E-state index contributed by atoms with van der Waals surface area (Å²) >= 11 is 0. The maximum Gasteiger partial charge on any atom is 0.227 e. The van der Waals surface area contributed by atoms with E-state index in [4.69, 9.17) is 8.94 Å². The van der Waals surface area contributed by atoms with Crippen LogP contribution < -0.4 is 0 Å².